The Balaban J connectivity index is 2.04. The molecule has 6 heteroatoms. The van der Waals surface area contributed by atoms with Gasteiger partial charge in [0, 0.05) is 6.54 Å². The molecule has 3 aromatic rings. The molecule has 0 bridgehead atoms. The highest BCUT2D eigenvalue weighted by Gasteiger charge is 2.46. The molecule has 1 atom stereocenters. The second kappa shape index (κ2) is 8.75. The van der Waals surface area contributed by atoms with Crippen molar-refractivity contribution in [2.24, 2.45) is 0 Å². The molecule has 0 saturated carbocycles. The van der Waals surface area contributed by atoms with Crippen molar-refractivity contribution in [3.63, 3.8) is 0 Å². The van der Waals surface area contributed by atoms with E-state index in [4.69, 9.17) is 9.47 Å². The predicted octanol–water partition coefficient (Wildman–Crippen LogP) is 4.69. The van der Waals surface area contributed by atoms with Crippen molar-refractivity contribution in [2.45, 2.75) is 19.4 Å². The van der Waals surface area contributed by atoms with E-state index < -0.39 is 17.7 Å². The first kappa shape index (κ1) is 21.4. The number of hydrogen-bond acceptors (Lipinski definition) is 5. The van der Waals surface area contributed by atoms with Crippen LogP contribution in [0.15, 0.2) is 66.2 Å². The topological polar surface area (TPSA) is 76.1 Å². The first-order valence-corrected chi connectivity index (χ1v) is 10.5. The van der Waals surface area contributed by atoms with E-state index in [-0.39, 0.29) is 16.9 Å². The third kappa shape index (κ3) is 3.38. The van der Waals surface area contributed by atoms with Gasteiger partial charge in [0.25, 0.3) is 11.7 Å². The number of hydrogen-bond donors (Lipinski definition) is 1. The number of Topliss-reactive ketones (excluding diaryl/α,β-unsaturated/α-hetero) is 1. The number of amides is 1. The summed E-state index contributed by atoms with van der Waals surface area (Å²) in [4.78, 5) is 27.8. The van der Waals surface area contributed by atoms with Gasteiger partial charge in [-0.05, 0) is 34.9 Å². The van der Waals surface area contributed by atoms with Crippen LogP contribution >= 0.6 is 0 Å². The van der Waals surface area contributed by atoms with Crippen LogP contribution in [0.2, 0.25) is 0 Å². The van der Waals surface area contributed by atoms with Gasteiger partial charge in [0.05, 0.1) is 25.8 Å². The van der Waals surface area contributed by atoms with Crippen LogP contribution in [0.1, 0.15) is 30.5 Å². The fourth-order valence-electron chi connectivity index (χ4n) is 4.38. The fraction of sp³-hybridized carbons (Fsp3) is 0.231. The van der Waals surface area contributed by atoms with Gasteiger partial charge in [-0.2, -0.15) is 0 Å². The zero-order valence-corrected chi connectivity index (χ0v) is 18.3. The van der Waals surface area contributed by atoms with Gasteiger partial charge >= 0.3 is 0 Å². The highest BCUT2D eigenvalue weighted by molar-refractivity contribution is 6.46. The number of fused-ring (bicyclic) bond motifs is 1. The Kier molecular flexibility index (Phi) is 5.86. The molecule has 1 N–H and O–H groups in total. The number of likely N-dealkylation sites (tertiary alicyclic amines) is 1. The smallest absolute Gasteiger partial charge is 0.295 e. The van der Waals surface area contributed by atoms with Crippen molar-refractivity contribution in [3.8, 4) is 11.5 Å². The van der Waals surface area contributed by atoms with Crippen molar-refractivity contribution in [2.75, 3.05) is 20.8 Å². The number of aliphatic hydroxyl groups is 1. The summed E-state index contributed by atoms with van der Waals surface area (Å²) < 4.78 is 10.9. The average Bonchev–Trinajstić information content (AvgIpc) is 3.07. The molecular weight excluding hydrogens is 406 g/mol. The van der Waals surface area contributed by atoms with E-state index in [0.29, 0.717) is 24.5 Å². The van der Waals surface area contributed by atoms with Crippen LogP contribution < -0.4 is 9.47 Å². The third-order valence-electron chi connectivity index (χ3n) is 5.79. The molecule has 32 heavy (non-hydrogen) atoms. The van der Waals surface area contributed by atoms with E-state index in [9.17, 15) is 14.7 Å². The molecule has 4 rings (SSSR count). The molecule has 1 saturated heterocycles. The standard InChI is InChI=1S/C26H25NO5/c1-4-15-27-23(18-12-7-10-16-9-5-6-11-17(16)18)22(25(29)26(27)30)24(28)21-19(31-2)13-8-14-20(21)32-3/h5-14,23,28H,4,15H2,1-3H3/b24-22+. The lowest BCUT2D eigenvalue weighted by Crippen LogP contribution is -2.30. The van der Waals surface area contributed by atoms with Gasteiger partial charge in [0.15, 0.2) is 0 Å². The van der Waals surface area contributed by atoms with E-state index in [1.807, 2.05) is 49.4 Å². The summed E-state index contributed by atoms with van der Waals surface area (Å²) >= 11 is 0. The molecule has 0 radical (unpaired) electrons. The highest BCUT2D eigenvalue weighted by Crippen LogP contribution is 2.44. The van der Waals surface area contributed by atoms with Gasteiger partial charge in [-0.3, -0.25) is 9.59 Å². The maximum Gasteiger partial charge on any atom is 0.295 e. The van der Waals surface area contributed by atoms with E-state index in [1.165, 1.54) is 19.1 Å². The van der Waals surface area contributed by atoms with Crippen molar-refractivity contribution in [1.29, 1.82) is 0 Å². The average molecular weight is 431 g/mol. The lowest BCUT2D eigenvalue weighted by atomic mass is 9.91. The van der Waals surface area contributed by atoms with E-state index in [0.717, 1.165) is 16.3 Å². The lowest BCUT2D eigenvalue weighted by Gasteiger charge is -2.26. The highest BCUT2D eigenvalue weighted by atomic mass is 16.5. The molecule has 1 aliphatic heterocycles. The summed E-state index contributed by atoms with van der Waals surface area (Å²) in [5, 5.41) is 13.3. The summed E-state index contributed by atoms with van der Waals surface area (Å²) in [5.41, 5.74) is 1.06. The molecule has 1 heterocycles. The number of ketones is 1. The first-order valence-electron chi connectivity index (χ1n) is 10.5. The monoisotopic (exact) mass is 431 g/mol. The summed E-state index contributed by atoms with van der Waals surface area (Å²) in [5.74, 6) is -0.961. The Hall–Kier alpha value is -3.80. The number of ether oxygens (including phenoxy) is 2. The van der Waals surface area contributed by atoms with Gasteiger partial charge < -0.3 is 19.5 Å². The van der Waals surface area contributed by atoms with Gasteiger partial charge in [-0.15, -0.1) is 0 Å². The molecular formula is C26H25NO5. The number of aliphatic hydroxyl groups excluding tert-OH is 1. The van der Waals surface area contributed by atoms with Crippen LogP contribution in [0.5, 0.6) is 11.5 Å². The molecule has 1 amide bonds. The largest absolute Gasteiger partial charge is 0.506 e. The van der Waals surface area contributed by atoms with Crippen LogP contribution in [-0.4, -0.2) is 42.5 Å². The van der Waals surface area contributed by atoms with E-state index in [2.05, 4.69) is 0 Å². The second-order valence-corrected chi connectivity index (χ2v) is 7.60. The number of methoxy groups -OCH3 is 2. The van der Waals surface area contributed by atoms with Crippen LogP contribution in [0.3, 0.4) is 0 Å². The minimum absolute atomic E-state index is 0.0302. The van der Waals surface area contributed by atoms with Crippen molar-refractivity contribution in [1.82, 2.24) is 4.90 Å². The maximum absolute atomic E-state index is 13.2. The Morgan fingerprint density at radius 1 is 0.938 bits per heavy atom. The Labute approximate surface area is 186 Å². The molecule has 6 nitrogen and oxygen atoms in total. The third-order valence-corrected chi connectivity index (χ3v) is 5.79. The SMILES string of the molecule is CCCN1C(=O)C(=O)/C(=C(/O)c2c(OC)cccc2OC)C1c1cccc2ccccc12. The van der Waals surface area contributed by atoms with Gasteiger partial charge in [-0.1, -0.05) is 55.5 Å². The Morgan fingerprint density at radius 3 is 2.22 bits per heavy atom. The van der Waals surface area contributed by atoms with Crippen LogP contribution in [0.4, 0.5) is 0 Å². The predicted molar refractivity (Wildman–Crippen MR) is 123 cm³/mol. The minimum atomic E-state index is -0.726. The second-order valence-electron chi connectivity index (χ2n) is 7.60. The van der Waals surface area contributed by atoms with E-state index in [1.54, 1.807) is 18.2 Å². The molecule has 0 spiro atoms. The number of benzene rings is 3. The van der Waals surface area contributed by atoms with Gasteiger partial charge in [0.1, 0.15) is 22.8 Å². The molecule has 1 fully saturated rings. The van der Waals surface area contributed by atoms with Crippen molar-refractivity contribution < 1.29 is 24.2 Å². The number of rotatable bonds is 6. The van der Waals surface area contributed by atoms with Crippen molar-refractivity contribution >= 4 is 28.2 Å². The molecule has 1 unspecified atom stereocenters. The molecule has 164 valence electrons. The van der Waals surface area contributed by atoms with Gasteiger partial charge in [-0.25, -0.2) is 0 Å². The van der Waals surface area contributed by atoms with Crippen molar-refractivity contribution in [3.05, 3.63) is 77.4 Å². The summed E-state index contributed by atoms with van der Waals surface area (Å²) in [6, 6.07) is 17.9. The van der Waals surface area contributed by atoms with Crippen LogP contribution in [0.25, 0.3) is 16.5 Å². The molecule has 0 aliphatic carbocycles. The zero-order valence-electron chi connectivity index (χ0n) is 18.3. The fourth-order valence-corrected chi connectivity index (χ4v) is 4.38. The Morgan fingerprint density at radius 2 is 1.56 bits per heavy atom. The normalized spacial score (nSPS) is 17.7. The molecule has 3 aromatic carbocycles. The Bertz CT molecular complexity index is 1200. The number of nitrogens with zero attached hydrogens (tertiary/aromatic N) is 1. The van der Waals surface area contributed by atoms with Crippen LogP contribution in [-0.2, 0) is 9.59 Å². The zero-order chi connectivity index (χ0) is 22.8. The summed E-state index contributed by atoms with van der Waals surface area (Å²) in [6.45, 7) is 2.33. The number of carbonyl (C=O) groups is 2. The number of carbonyl (C=O) groups excluding carboxylic acids is 2. The minimum Gasteiger partial charge on any atom is -0.506 e. The quantitative estimate of drug-likeness (QED) is 0.348. The van der Waals surface area contributed by atoms with Gasteiger partial charge in [0.2, 0.25) is 0 Å². The first-order chi connectivity index (χ1) is 15.5. The summed E-state index contributed by atoms with van der Waals surface area (Å²) in [6.07, 6.45) is 0.673. The molecule has 1 aliphatic rings. The lowest BCUT2D eigenvalue weighted by molar-refractivity contribution is -0.139. The van der Waals surface area contributed by atoms with Crippen LogP contribution in [0, 0.1) is 0 Å². The molecule has 0 aromatic heterocycles. The maximum atomic E-state index is 13.2. The van der Waals surface area contributed by atoms with E-state index >= 15 is 0 Å². The summed E-state index contributed by atoms with van der Waals surface area (Å²) in [7, 11) is 2.95.